The maximum atomic E-state index is 5.90. The molecule has 2 N–H and O–H groups in total. The number of rotatable bonds is 7. The van der Waals surface area contributed by atoms with Crippen LogP contribution in [0.4, 0.5) is 5.13 Å². The van der Waals surface area contributed by atoms with Crippen LogP contribution in [-0.4, -0.2) is 31.9 Å². The summed E-state index contributed by atoms with van der Waals surface area (Å²) in [6.45, 7) is 0.683. The Morgan fingerprint density at radius 1 is 1.15 bits per heavy atom. The van der Waals surface area contributed by atoms with E-state index in [0.717, 1.165) is 33.0 Å². The van der Waals surface area contributed by atoms with Gasteiger partial charge in [0, 0.05) is 24.4 Å². The first-order valence-corrected chi connectivity index (χ1v) is 9.21. The van der Waals surface area contributed by atoms with E-state index in [1.54, 1.807) is 17.6 Å². The van der Waals surface area contributed by atoms with Gasteiger partial charge in [-0.15, -0.1) is 10.2 Å². The zero-order valence-corrected chi connectivity index (χ0v) is 15.2. The number of nitrogens with one attached hydrogen (secondary N) is 2. The van der Waals surface area contributed by atoms with Crippen LogP contribution in [0.1, 0.15) is 16.4 Å². The van der Waals surface area contributed by atoms with Crippen molar-refractivity contribution in [2.45, 2.75) is 12.8 Å². The maximum absolute atomic E-state index is 5.90. The van der Waals surface area contributed by atoms with Gasteiger partial charge >= 0.3 is 0 Å². The van der Waals surface area contributed by atoms with Crippen molar-refractivity contribution in [1.29, 1.82) is 0 Å². The fourth-order valence-corrected chi connectivity index (χ4v) is 3.31. The summed E-state index contributed by atoms with van der Waals surface area (Å²) in [7, 11) is 0. The van der Waals surface area contributed by atoms with E-state index in [2.05, 4.69) is 30.7 Å². The van der Waals surface area contributed by atoms with Crippen molar-refractivity contribution in [2.24, 2.45) is 0 Å². The van der Waals surface area contributed by atoms with Crippen molar-refractivity contribution < 1.29 is 4.42 Å². The minimum absolute atomic E-state index is 0.561. The Kier molecular flexibility index (Phi) is 4.94. The summed E-state index contributed by atoms with van der Waals surface area (Å²) in [4.78, 5) is 4.41. The Balaban J connectivity index is 1.29. The van der Waals surface area contributed by atoms with Gasteiger partial charge in [0.25, 0.3) is 0 Å². The molecule has 0 fully saturated rings. The number of aromatic nitrogens is 5. The van der Waals surface area contributed by atoms with Crippen molar-refractivity contribution in [3.63, 3.8) is 0 Å². The quantitative estimate of drug-likeness (QED) is 0.501. The average Bonchev–Trinajstić information content (AvgIpc) is 3.38. The topological polar surface area (TPSA) is 92.5 Å². The number of nitrogens with zero attached hydrogens (tertiary/aromatic N) is 4. The third-order valence-corrected chi connectivity index (χ3v) is 4.78. The summed E-state index contributed by atoms with van der Waals surface area (Å²) in [5.41, 5.74) is 1.16. The lowest BCUT2D eigenvalue weighted by atomic mass is 10.2. The van der Waals surface area contributed by atoms with E-state index in [1.165, 1.54) is 0 Å². The molecule has 4 rings (SSSR count). The van der Waals surface area contributed by atoms with Gasteiger partial charge in [0.05, 0.1) is 6.26 Å². The largest absolute Gasteiger partial charge is 0.461 e. The molecule has 3 heterocycles. The molecule has 26 heavy (non-hydrogen) atoms. The number of H-pyrrole nitrogens is 1. The zero-order valence-electron chi connectivity index (χ0n) is 13.6. The monoisotopic (exact) mass is 386 g/mol. The molecule has 0 spiro atoms. The van der Waals surface area contributed by atoms with Crippen molar-refractivity contribution in [2.75, 3.05) is 11.9 Å². The predicted octanol–water partition coefficient (Wildman–Crippen LogP) is 3.82. The van der Waals surface area contributed by atoms with Crippen molar-refractivity contribution in [1.82, 2.24) is 25.4 Å². The molecule has 0 amide bonds. The molecule has 0 aliphatic rings. The number of benzene rings is 1. The van der Waals surface area contributed by atoms with E-state index < -0.39 is 0 Å². The number of hydrogen-bond donors (Lipinski definition) is 2. The Labute approximate surface area is 158 Å². The Morgan fingerprint density at radius 3 is 2.85 bits per heavy atom. The Hall–Kier alpha value is -2.71. The highest BCUT2D eigenvalue weighted by Crippen LogP contribution is 2.20. The Morgan fingerprint density at radius 2 is 2.04 bits per heavy atom. The van der Waals surface area contributed by atoms with E-state index in [4.69, 9.17) is 16.0 Å². The highest BCUT2D eigenvalue weighted by atomic mass is 35.5. The number of furan rings is 1. The van der Waals surface area contributed by atoms with Gasteiger partial charge in [0.1, 0.15) is 10.8 Å². The highest BCUT2D eigenvalue weighted by molar-refractivity contribution is 7.15. The minimum Gasteiger partial charge on any atom is -0.461 e. The first-order valence-electron chi connectivity index (χ1n) is 8.02. The molecule has 1 aromatic carbocycles. The Bertz CT molecular complexity index is 963. The van der Waals surface area contributed by atoms with Crippen LogP contribution < -0.4 is 5.32 Å². The summed E-state index contributed by atoms with van der Waals surface area (Å²) in [6, 6.07) is 11.4. The average molecular weight is 387 g/mol. The zero-order chi connectivity index (χ0) is 17.8. The molecule has 7 nitrogen and oxygen atoms in total. The van der Waals surface area contributed by atoms with Crippen molar-refractivity contribution >= 4 is 28.1 Å². The minimum atomic E-state index is 0.561. The number of halogens is 1. The van der Waals surface area contributed by atoms with Gasteiger partial charge in [-0.05, 0) is 29.8 Å². The molecule has 4 aromatic rings. The third-order valence-electron chi connectivity index (χ3n) is 3.65. The lowest BCUT2D eigenvalue weighted by Gasteiger charge is -1.99. The normalized spacial score (nSPS) is 11.0. The summed E-state index contributed by atoms with van der Waals surface area (Å²) in [5.74, 6) is 2.00. The molecule has 3 aromatic heterocycles. The second-order valence-corrected chi connectivity index (χ2v) is 7.06. The van der Waals surface area contributed by atoms with Crippen LogP contribution >= 0.6 is 22.9 Å². The number of hydrogen-bond acceptors (Lipinski definition) is 7. The standard InChI is InChI=1S/C17H15ClN6OS/c18-12-5-3-11(4-6-12)10-15-22-24-17(26-15)19-8-7-14-20-16(23-21-14)13-2-1-9-25-13/h1-6,9H,7-8,10H2,(H,19,24)(H,20,21,23). The van der Waals surface area contributed by atoms with Crippen LogP contribution in [0.2, 0.25) is 5.02 Å². The molecule has 0 radical (unpaired) electrons. The fraction of sp³-hybridized carbons (Fsp3) is 0.176. The summed E-state index contributed by atoms with van der Waals surface area (Å²) in [6.07, 6.45) is 3.04. The highest BCUT2D eigenvalue weighted by Gasteiger charge is 2.09. The van der Waals surface area contributed by atoms with E-state index in [0.29, 0.717) is 24.6 Å². The number of aromatic amines is 1. The first-order chi connectivity index (χ1) is 12.8. The van der Waals surface area contributed by atoms with Crippen LogP contribution in [0.5, 0.6) is 0 Å². The molecule has 0 saturated carbocycles. The molecule has 0 aliphatic heterocycles. The second kappa shape index (κ2) is 7.67. The van der Waals surface area contributed by atoms with Crippen LogP contribution in [-0.2, 0) is 12.8 Å². The van der Waals surface area contributed by atoms with Gasteiger partial charge in [-0.1, -0.05) is 35.1 Å². The van der Waals surface area contributed by atoms with E-state index in [1.807, 2.05) is 36.4 Å². The lowest BCUT2D eigenvalue weighted by molar-refractivity contribution is 0.577. The van der Waals surface area contributed by atoms with Crippen LogP contribution in [0.15, 0.2) is 47.1 Å². The van der Waals surface area contributed by atoms with E-state index in [-0.39, 0.29) is 0 Å². The van der Waals surface area contributed by atoms with Crippen LogP contribution in [0, 0.1) is 0 Å². The fourth-order valence-electron chi connectivity index (χ4n) is 2.38. The van der Waals surface area contributed by atoms with Gasteiger partial charge in [0.2, 0.25) is 11.0 Å². The summed E-state index contributed by atoms with van der Waals surface area (Å²) >= 11 is 7.45. The van der Waals surface area contributed by atoms with E-state index in [9.17, 15) is 0 Å². The van der Waals surface area contributed by atoms with Gasteiger partial charge < -0.3 is 9.73 Å². The van der Waals surface area contributed by atoms with E-state index >= 15 is 0 Å². The summed E-state index contributed by atoms with van der Waals surface area (Å²) < 4.78 is 5.28. The maximum Gasteiger partial charge on any atom is 0.216 e. The molecule has 0 unspecified atom stereocenters. The van der Waals surface area contributed by atoms with Crippen LogP contribution in [0.3, 0.4) is 0 Å². The smallest absolute Gasteiger partial charge is 0.216 e. The van der Waals surface area contributed by atoms with Gasteiger partial charge in [-0.2, -0.15) is 5.10 Å². The molecule has 9 heteroatoms. The molecular weight excluding hydrogens is 372 g/mol. The van der Waals surface area contributed by atoms with Crippen LogP contribution in [0.25, 0.3) is 11.6 Å². The molecule has 0 saturated heterocycles. The number of anilines is 1. The van der Waals surface area contributed by atoms with Gasteiger partial charge in [-0.25, -0.2) is 4.98 Å². The summed E-state index contributed by atoms with van der Waals surface area (Å²) in [5, 5.41) is 21.2. The lowest BCUT2D eigenvalue weighted by Crippen LogP contribution is -2.05. The van der Waals surface area contributed by atoms with Crippen molar-refractivity contribution in [3.05, 3.63) is 64.1 Å². The van der Waals surface area contributed by atoms with Gasteiger partial charge in [-0.3, -0.25) is 5.10 Å². The molecule has 132 valence electrons. The molecule has 0 bridgehead atoms. The first kappa shape index (κ1) is 16.7. The molecular formula is C17H15ClN6OS. The molecule has 0 aliphatic carbocycles. The molecule has 0 atom stereocenters. The third kappa shape index (κ3) is 4.09. The second-order valence-electron chi connectivity index (χ2n) is 5.56. The SMILES string of the molecule is Clc1ccc(Cc2nnc(NCCc3nc(-c4ccco4)n[nH]3)s2)cc1. The van der Waals surface area contributed by atoms with Gasteiger partial charge in [0.15, 0.2) is 5.76 Å². The predicted molar refractivity (Wildman–Crippen MR) is 100 cm³/mol. The van der Waals surface area contributed by atoms with Crippen molar-refractivity contribution in [3.8, 4) is 11.6 Å².